The minimum absolute atomic E-state index is 0.109. The molecule has 0 radical (unpaired) electrons. The van der Waals surface area contributed by atoms with Crippen LogP contribution in [-0.4, -0.2) is 50.4 Å². The zero-order valence-electron chi connectivity index (χ0n) is 13.2. The molecule has 0 aromatic carbocycles. The Balaban J connectivity index is 2.11. The van der Waals surface area contributed by atoms with Crippen molar-refractivity contribution >= 4 is 17.8 Å². The van der Waals surface area contributed by atoms with Gasteiger partial charge in [-0.15, -0.1) is 0 Å². The van der Waals surface area contributed by atoms with Crippen LogP contribution in [0.25, 0.3) is 5.82 Å². The maximum Gasteiger partial charge on any atom is 0.322 e. The van der Waals surface area contributed by atoms with E-state index in [0.717, 1.165) is 5.56 Å². The number of rotatable bonds is 5. The molecule has 0 saturated carbocycles. The number of hydrogen-bond acceptors (Lipinski definition) is 4. The van der Waals surface area contributed by atoms with Crippen LogP contribution in [0.5, 0.6) is 0 Å². The molecule has 0 saturated heterocycles. The number of amides is 2. The number of carboxylic acids is 1. The number of carbonyl (C=O) groups excluding carboxylic acids is 1. The van der Waals surface area contributed by atoms with E-state index in [9.17, 15) is 9.59 Å². The minimum Gasteiger partial charge on any atom is -0.481 e. The molecule has 0 bridgehead atoms. The van der Waals surface area contributed by atoms with E-state index < -0.39 is 17.9 Å². The summed E-state index contributed by atoms with van der Waals surface area (Å²) < 4.78 is 1.51. The zero-order chi connectivity index (χ0) is 17.0. The third kappa shape index (κ3) is 4.06. The maximum absolute atomic E-state index is 12.2. The number of aliphatic carboxylic acids is 1. The first-order chi connectivity index (χ1) is 10.9. The van der Waals surface area contributed by atoms with Gasteiger partial charge in [-0.1, -0.05) is 6.92 Å². The summed E-state index contributed by atoms with van der Waals surface area (Å²) in [6.45, 7) is 3.60. The second-order valence-corrected chi connectivity index (χ2v) is 5.37. The van der Waals surface area contributed by atoms with E-state index in [2.05, 4.69) is 15.4 Å². The highest BCUT2D eigenvalue weighted by molar-refractivity contribution is 5.88. The van der Waals surface area contributed by atoms with E-state index in [1.807, 2.05) is 19.1 Å². The fourth-order valence-electron chi connectivity index (χ4n) is 1.99. The van der Waals surface area contributed by atoms with Crippen molar-refractivity contribution in [1.82, 2.24) is 19.7 Å². The number of carboxylic acid groups (broad SMARTS) is 1. The summed E-state index contributed by atoms with van der Waals surface area (Å²) >= 11 is 0. The number of hydrogen-bond donors (Lipinski definition) is 2. The van der Waals surface area contributed by atoms with Gasteiger partial charge in [0.1, 0.15) is 5.82 Å². The lowest BCUT2D eigenvalue weighted by atomic mass is 10.2. The fourth-order valence-corrected chi connectivity index (χ4v) is 1.99. The average molecular weight is 317 g/mol. The molecule has 0 aliphatic heterocycles. The Morgan fingerprint density at radius 2 is 2.13 bits per heavy atom. The van der Waals surface area contributed by atoms with E-state index in [1.165, 1.54) is 9.58 Å². The molecule has 0 spiro atoms. The van der Waals surface area contributed by atoms with Crippen LogP contribution >= 0.6 is 0 Å². The van der Waals surface area contributed by atoms with Gasteiger partial charge >= 0.3 is 12.0 Å². The third-order valence-corrected chi connectivity index (χ3v) is 3.31. The van der Waals surface area contributed by atoms with Gasteiger partial charge in [0.15, 0.2) is 5.82 Å². The Morgan fingerprint density at radius 1 is 1.39 bits per heavy atom. The van der Waals surface area contributed by atoms with Gasteiger partial charge in [0.2, 0.25) is 0 Å². The number of carbonyl (C=O) groups is 2. The Labute approximate surface area is 133 Å². The zero-order valence-corrected chi connectivity index (χ0v) is 13.2. The average Bonchev–Trinajstić information content (AvgIpc) is 2.95. The van der Waals surface area contributed by atoms with Crippen molar-refractivity contribution in [3.8, 4) is 5.82 Å². The predicted octanol–water partition coefficient (Wildman–Crippen LogP) is 1.76. The molecule has 2 aromatic heterocycles. The lowest BCUT2D eigenvalue weighted by Gasteiger charge is -2.20. The SMILES string of the molecule is Cc1ccnc(-n2nccc2NC(=O)N(C)CC(C)C(=O)O)c1. The van der Waals surface area contributed by atoms with E-state index in [1.54, 1.807) is 32.4 Å². The number of nitrogens with zero attached hydrogens (tertiary/aromatic N) is 4. The van der Waals surface area contributed by atoms with Crippen LogP contribution in [0.2, 0.25) is 0 Å². The van der Waals surface area contributed by atoms with Crippen LogP contribution < -0.4 is 5.32 Å². The summed E-state index contributed by atoms with van der Waals surface area (Å²) in [5.74, 6) is -0.539. The lowest BCUT2D eigenvalue weighted by molar-refractivity contribution is -0.141. The van der Waals surface area contributed by atoms with Crippen molar-refractivity contribution in [2.24, 2.45) is 5.92 Å². The molecule has 23 heavy (non-hydrogen) atoms. The van der Waals surface area contributed by atoms with Crippen molar-refractivity contribution in [3.05, 3.63) is 36.2 Å². The first kappa shape index (κ1) is 16.5. The molecule has 2 amide bonds. The Morgan fingerprint density at radius 3 is 2.78 bits per heavy atom. The van der Waals surface area contributed by atoms with Gasteiger partial charge in [-0.25, -0.2) is 9.78 Å². The molecule has 2 N–H and O–H groups in total. The Kier molecular flexibility index (Phi) is 4.95. The summed E-state index contributed by atoms with van der Waals surface area (Å²) in [5, 5.41) is 15.8. The number of nitrogens with one attached hydrogen (secondary N) is 1. The fraction of sp³-hybridized carbons (Fsp3) is 0.333. The van der Waals surface area contributed by atoms with Gasteiger partial charge in [0.25, 0.3) is 0 Å². The summed E-state index contributed by atoms with van der Waals surface area (Å²) in [5.41, 5.74) is 1.02. The van der Waals surface area contributed by atoms with Crippen molar-refractivity contribution < 1.29 is 14.7 Å². The highest BCUT2D eigenvalue weighted by Crippen LogP contribution is 2.14. The molecule has 0 fully saturated rings. The monoisotopic (exact) mass is 317 g/mol. The van der Waals surface area contributed by atoms with Gasteiger partial charge in [-0.2, -0.15) is 9.78 Å². The molecule has 1 unspecified atom stereocenters. The van der Waals surface area contributed by atoms with Crippen molar-refractivity contribution in [3.63, 3.8) is 0 Å². The Hall–Kier alpha value is -2.90. The second-order valence-electron chi connectivity index (χ2n) is 5.37. The number of urea groups is 1. The molecule has 2 aromatic rings. The molecule has 2 heterocycles. The smallest absolute Gasteiger partial charge is 0.322 e. The van der Waals surface area contributed by atoms with Gasteiger partial charge in [-0.05, 0) is 24.6 Å². The van der Waals surface area contributed by atoms with E-state index >= 15 is 0 Å². The first-order valence-corrected chi connectivity index (χ1v) is 7.10. The van der Waals surface area contributed by atoms with Gasteiger partial charge < -0.3 is 10.0 Å². The number of aryl methyl sites for hydroxylation is 1. The summed E-state index contributed by atoms with van der Waals surface area (Å²) in [7, 11) is 1.54. The largest absolute Gasteiger partial charge is 0.481 e. The van der Waals surface area contributed by atoms with Gasteiger partial charge in [0.05, 0.1) is 12.1 Å². The minimum atomic E-state index is -0.946. The van der Waals surface area contributed by atoms with Crippen LogP contribution in [-0.2, 0) is 4.79 Å². The standard InChI is InChI=1S/C15H19N5O3/c1-10-4-6-16-13(8-10)20-12(5-7-17-20)18-15(23)19(3)9-11(2)14(21)22/h4-8,11H,9H2,1-3H3,(H,18,23)(H,21,22). The van der Waals surface area contributed by atoms with Crippen molar-refractivity contribution in [2.45, 2.75) is 13.8 Å². The van der Waals surface area contributed by atoms with Crippen LogP contribution in [0.1, 0.15) is 12.5 Å². The van der Waals surface area contributed by atoms with Crippen LogP contribution in [0.4, 0.5) is 10.6 Å². The molecular weight excluding hydrogens is 298 g/mol. The normalized spacial score (nSPS) is 11.8. The highest BCUT2D eigenvalue weighted by atomic mass is 16.4. The topological polar surface area (TPSA) is 100 Å². The van der Waals surface area contributed by atoms with Crippen molar-refractivity contribution in [1.29, 1.82) is 0 Å². The molecule has 122 valence electrons. The summed E-state index contributed by atoms with van der Waals surface area (Å²) in [6, 6.07) is 4.95. The lowest BCUT2D eigenvalue weighted by Crippen LogP contribution is -2.37. The van der Waals surface area contributed by atoms with Crippen LogP contribution in [0.3, 0.4) is 0 Å². The maximum atomic E-state index is 12.2. The van der Waals surface area contributed by atoms with Crippen molar-refractivity contribution in [2.75, 3.05) is 18.9 Å². The van der Waals surface area contributed by atoms with Crippen LogP contribution in [0.15, 0.2) is 30.6 Å². The highest BCUT2D eigenvalue weighted by Gasteiger charge is 2.18. The molecular formula is C15H19N5O3. The predicted molar refractivity (Wildman–Crippen MR) is 84.5 cm³/mol. The molecule has 2 rings (SSSR count). The third-order valence-electron chi connectivity index (χ3n) is 3.31. The first-order valence-electron chi connectivity index (χ1n) is 7.10. The molecule has 1 atom stereocenters. The quantitative estimate of drug-likeness (QED) is 0.875. The van der Waals surface area contributed by atoms with E-state index in [0.29, 0.717) is 11.6 Å². The second kappa shape index (κ2) is 6.91. The summed E-state index contributed by atoms with van der Waals surface area (Å²) in [4.78, 5) is 28.6. The number of anilines is 1. The molecule has 8 heteroatoms. The molecule has 0 aliphatic rings. The number of pyridine rings is 1. The van der Waals surface area contributed by atoms with Crippen LogP contribution in [0, 0.1) is 12.8 Å². The van der Waals surface area contributed by atoms with Gasteiger partial charge in [0, 0.05) is 25.9 Å². The molecule has 8 nitrogen and oxygen atoms in total. The van der Waals surface area contributed by atoms with E-state index in [-0.39, 0.29) is 6.54 Å². The Bertz CT molecular complexity index is 713. The molecule has 0 aliphatic carbocycles. The van der Waals surface area contributed by atoms with E-state index in [4.69, 9.17) is 5.11 Å². The number of aromatic nitrogens is 3. The summed E-state index contributed by atoms with van der Waals surface area (Å²) in [6.07, 6.45) is 3.22. The van der Waals surface area contributed by atoms with Gasteiger partial charge in [-0.3, -0.25) is 10.1 Å².